The smallest absolute Gasteiger partial charge is 0.210 e. The molecule has 2 rings (SSSR count). The minimum absolute atomic E-state index is 0.681. The van der Waals surface area contributed by atoms with E-state index in [4.69, 9.17) is 5.84 Å². The zero-order valence-electron chi connectivity index (χ0n) is 11.8. The molecule has 0 aliphatic carbocycles. The molecule has 0 saturated heterocycles. The highest BCUT2D eigenvalue weighted by Gasteiger charge is 2.11. The van der Waals surface area contributed by atoms with E-state index in [1.165, 1.54) is 32.1 Å². The highest BCUT2D eigenvalue weighted by atomic mass is 32.2. The monoisotopic (exact) mass is 291 g/mol. The van der Waals surface area contributed by atoms with Crippen molar-refractivity contribution in [3.05, 3.63) is 24.5 Å². The van der Waals surface area contributed by atoms with Gasteiger partial charge in [-0.1, -0.05) is 44.4 Å². The molecule has 2 aromatic heterocycles. The fourth-order valence-corrected chi connectivity index (χ4v) is 2.80. The van der Waals surface area contributed by atoms with Crippen molar-refractivity contribution in [2.24, 2.45) is 0 Å². The molecule has 5 nitrogen and oxygen atoms in total. The first-order valence-corrected chi connectivity index (χ1v) is 8.05. The van der Waals surface area contributed by atoms with Crippen molar-refractivity contribution >= 4 is 11.8 Å². The van der Waals surface area contributed by atoms with Crippen LogP contribution in [0.3, 0.4) is 0 Å². The van der Waals surface area contributed by atoms with Crippen LogP contribution in [0.5, 0.6) is 0 Å². The van der Waals surface area contributed by atoms with Gasteiger partial charge in [0.15, 0.2) is 5.82 Å². The number of rotatable bonds is 8. The Kier molecular flexibility index (Phi) is 5.86. The Morgan fingerprint density at radius 3 is 2.60 bits per heavy atom. The fraction of sp³-hybridized carbons (Fsp3) is 0.500. The van der Waals surface area contributed by atoms with Gasteiger partial charge in [0.25, 0.3) is 0 Å². The molecule has 0 atom stereocenters. The van der Waals surface area contributed by atoms with E-state index in [0.29, 0.717) is 5.82 Å². The Morgan fingerprint density at radius 2 is 1.85 bits per heavy atom. The Bertz CT molecular complexity index is 512. The van der Waals surface area contributed by atoms with Crippen molar-refractivity contribution in [2.45, 2.75) is 44.2 Å². The molecular formula is C14H21N5S. The van der Waals surface area contributed by atoms with Crippen LogP contribution in [0, 0.1) is 0 Å². The van der Waals surface area contributed by atoms with Crippen molar-refractivity contribution in [3.8, 4) is 11.4 Å². The van der Waals surface area contributed by atoms with E-state index in [1.807, 2.05) is 12.1 Å². The average Bonchev–Trinajstić information content (AvgIpc) is 2.85. The van der Waals surface area contributed by atoms with Crippen molar-refractivity contribution < 1.29 is 0 Å². The number of nitrogen functional groups attached to an aromatic ring is 1. The van der Waals surface area contributed by atoms with Gasteiger partial charge in [0.05, 0.1) is 0 Å². The summed E-state index contributed by atoms with van der Waals surface area (Å²) in [5, 5.41) is 9.08. The van der Waals surface area contributed by atoms with Gasteiger partial charge in [-0.05, 0) is 18.6 Å². The number of thioether (sulfide) groups is 1. The summed E-state index contributed by atoms with van der Waals surface area (Å²) in [6.07, 6.45) is 9.84. The van der Waals surface area contributed by atoms with Crippen LogP contribution < -0.4 is 5.84 Å². The van der Waals surface area contributed by atoms with Crippen LogP contribution >= 0.6 is 11.8 Å². The molecule has 2 N–H and O–H groups in total. The molecule has 0 fully saturated rings. The van der Waals surface area contributed by atoms with Crippen LogP contribution in [0.2, 0.25) is 0 Å². The molecule has 2 heterocycles. The number of hydrogen-bond acceptors (Lipinski definition) is 5. The molecule has 0 aliphatic heterocycles. The van der Waals surface area contributed by atoms with E-state index in [0.717, 1.165) is 16.5 Å². The number of hydrogen-bond donors (Lipinski definition) is 1. The molecule has 0 amide bonds. The van der Waals surface area contributed by atoms with Crippen LogP contribution in [0.1, 0.15) is 39.0 Å². The van der Waals surface area contributed by atoms with Gasteiger partial charge in [0, 0.05) is 23.7 Å². The minimum Gasteiger partial charge on any atom is -0.335 e. The van der Waals surface area contributed by atoms with E-state index < -0.39 is 0 Å². The number of aromatic nitrogens is 4. The highest BCUT2D eigenvalue weighted by molar-refractivity contribution is 7.99. The second-order valence-electron chi connectivity index (χ2n) is 4.67. The number of nitrogens with zero attached hydrogens (tertiary/aromatic N) is 4. The van der Waals surface area contributed by atoms with Crippen LogP contribution in [0.4, 0.5) is 0 Å². The first-order chi connectivity index (χ1) is 9.83. The predicted octanol–water partition coefficient (Wildman–Crippen LogP) is 3.12. The van der Waals surface area contributed by atoms with Crippen molar-refractivity contribution in [1.82, 2.24) is 19.9 Å². The van der Waals surface area contributed by atoms with Gasteiger partial charge < -0.3 is 5.84 Å². The molecule has 0 spiro atoms. The topological polar surface area (TPSA) is 69.6 Å². The molecule has 6 heteroatoms. The van der Waals surface area contributed by atoms with Crippen LogP contribution in [-0.4, -0.2) is 25.6 Å². The number of nitrogens with two attached hydrogens (primary N) is 1. The second-order valence-corrected chi connectivity index (χ2v) is 5.74. The van der Waals surface area contributed by atoms with Crippen molar-refractivity contribution in [3.63, 3.8) is 0 Å². The fourth-order valence-electron chi connectivity index (χ4n) is 1.94. The lowest BCUT2D eigenvalue weighted by molar-refractivity contribution is 0.659. The van der Waals surface area contributed by atoms with Gasteiger partial charge in [-0.15, -0.1) is 10.2 Å². The van der Waals surface area contributed by atoms with Crippen molar-refractivity contribution in [1.29, 1.82) is 0 Å². The summed E-state index contributed by atoms with van der Waals surface area (Å²) >= 11 is 1.67. The summed E-state index contributed by atoms with van der Waals surface area (Å²) in [5.74, 6) is 7.77. The van der Waals surface area contributed by atoms with E-state index in [1.54, 1.807) is 28.8 Å². The maximum absolute atomic E-state index is 6.05. The largest absolute Gasteiger partial charge is 0.335 e. The predicted molar refractivity (Wildman–Crippen MR) is 82.9 cm³/mol. The molecule has 0 radical (unpaired) electrons. The van der Waals surface area contributed by atoms with Crippen LogP contribution in [0.15, 0.2) is 29.7 Å². The third-order valence-electron chi connectivity index (χ3n) is 3.08. The molecule has 0 aromatic carbocycles. The van der Waals surface area contributed by atoms with E-state index in [9.17, 15) is 0 Å². The summed E-state index contributed by atoms with van der Waals surface area (Å²) in [6.45, 7) is 2.23. The Labute approximate surface area is 124 Å². The molecule has 0 saturated carbocycles. The lowest BCUT2D eigenvalue weighted by Gasteiger charge is -2.03. The third-order valence-corrected chi connectivity index (χ3v) is 4.11. The summed E-state index contributed by atoms with van der Waals surface area (Å²) < 4.78 is 1.56. The lowest BCUT2D eigenvalue weighted by Crippen LogP contribution is -2.11. The molecule has 20 heavy (non-hydrogen) atoms. The van der Waals surface area contributed by atoms with Gasteiger partial charge in [-0.25, -0.2) is 4.68 Å². The third kappa shape index (κ3) is 3.96. The Balaban J connectivity index is 1.86. The van der Waals surface area contributed by atoms with Gasteiger partial charge in [-0.2, -0.15) is 0 Å². The summed E-state index contributed by atoms with van der Waals surface area (Å²) in [4.78, 5) is 3.99. The first kappa shape index (κ1) is 14.8. The molecule has 0 aliphatic rings. The summed E-state index contributed by atoms with van der Waals surface area (Å²) in [5.41, 5.74) is 0.935. The van der Waals surface area contributed by atoms with Gasteiger partial charge in [0.2, 0.25) is 5.16 Å². The highest BCUT2D eigenvalue weighted by Crippen LogP contribution is 2.22. The zero-order valence-corrected chi connectivity index (χ0v) is 12.6. The van der Waals surface area contributed by atoms with E-state index in [2.05, 4.69) is 22.1 Å². The molecule has 2 aromatic rings. The van der Waals surface area contributed by atoms with E-state index >= 15 is 0 Å². The maximum Gasteiger partial charge on any atom is 0.210 e. The summed E-state index contributed by atoms with van der Waals surface area (Å²) in [7, 11) is 0. The van der Waals surface area contributed by atoms with Gasteiger partial charge >= 0.3 is 0 Å². The second kappa shape index (κ2) is 7.89. The normalized spacial score (nSPS) is 10.8. The molecular weight excluding hydrogens is 270 g/mol. The summed E-state index contributed by atoms with van der Waals surface area (Å²) in [6, 6.07) is 3.76. The minimum atomic E-state index is 0.681. The molecule has 0 unspecified atom stereocenters. The first-order valence-electron chi connectivity index (χ1n) is 7.06. The van der Waals surface area contributed by atoms with Gasteiger partial charge in [0.1, 0.15) is 0 Å². The van der Waals surface area contributed by atoms with Gasteiger partial charge in [-0.3, -0.25) is 4.98 Å². The molecule has 0 bridgehead atoms. The Morgan fingerprint density at radius 1 is 1.10 bits per heavy atom. The van der Waals surface area contributed by atoms with E-state index in [-0.39, 0.29) is 0 Å². The van der Waals surface area contributed by atoms with Crippen molar-refractivity contribution in [2.75, 3.05) is 11.6 Å². The standard InChI is InChI=1S/C14H21N5S/c1-2-3-4-5-6-11-20-14-18-17-13(19(14)15)12-7-9-16-10-8-12/h7-10H,2-6,11,15H2,1H3. The quantitative estimate of drug-likeness (QED) is 0.460. The average molecular weight is 291 g/mol. The zero-order chi connectivity index (χ0) is 14.2. The Hall–Kier alpha value is -1.56. The maximum atomic E-state index is 6.05. The number of pyridine rings is 1. The van der Waals surface area contributed by atoms with Crippen LogP contribution in [-0.2, 0) is 0 Å². The number of unbranched alkanes of at least 4 members (excludes halogenated alkanes) is 4. The lowest BCUT2D eigenvalue weighted by atomic mass is 10.2. The molecule has 108 valence electrons. The SMILES string of the molecule is CCCCCCCSc1nnc(-c2ccncc2)n1N. The van der Waals surface area contributed by atoms with Crippen LogP contribution in [0.25, 0.3) is 11.4 Å².